The zero-order valence-electron chi connectivity index (χ0n) is 5.90. The lowest BCUT2D eigenvalue weighted by Gasteiger charge is -2.29. The maximum Gasteiger partial charge on any atom is 0.310 e. The van der Waals surface area contributed by atoms with Crippen molar-refractivity contribution >= 4 is 5.97 Å². The number of piperidine rings is 1. The molecule has 1 fully saturated rings. The second-order valence-electron chi connectivity index (χ2n) is 2.66. The van der Waals surface area contributed by atoms with Crippen LogP contribution in [0.2, 0.25) is 0 Å². The fourth-order valence-corrected chi connectivity index (χ4v) is 1.13. The van der Waals surface area contributed by atoms with Gasteiger partial charge < -0.3 is 20.6 Å². The average Bonchev–Trinajstić information content (AvgIpc) is 1.94. The Balaban J connectivity index is 2.58. The molecule has 0 aliphatic carbocycles. The van der Waals surface area contributed by atoms with Gasteiger partial charge in [0.05, 0.1) is 18.1 Å². The molecule has 11 heavy (non-hydrogen) atoms. The lowest BCUT2D eigenvalue weighted by atomic mass is 9.94. The molecule has 3 atom stereocenters. The second kappa shape index (κ2) is 3.17. The van der Waals surface area contributed by atoms with Crippen LogP contribution in [0, 0.1) is 5.92 Å². The first-order chi connectivity index (χ1) is 5.13. The van der Waals surface area contributed by atoms with Gasteiger partial charge in [0.1, 0.15) is 0 Å². The van der Waals surface area contributed by atoms with Crippen LogP contribution < -0.4 is 5.32 Å². The van der Waals surface area contributed by atoms with E-state index in [1.54, 1.807) is 0 Å². The van der Waals surface area contributed by atoms with E-state index in [4.69, 9.17) is 15.3 Å². The third-order valence-corrected chi connectivity index (χ3v) is 1.84. The zero-order valence-corrected chi connectivity index (χ0v) is 5.90. The highest BCUT2D eigenvalue weighted by Gasteiger charge is 2.34. The number of carboxylic acid groups (broad SMARTS) is 1. The van der Waals surface area contributed by atoms with E-state index < -0.39 is 24.1 Å². The van der Waals surface area contributed by atoms with Crippen LogP contribution in [0.25, 0.3) is 0 Å². The summed E-state index contributed by atoms with van der Waals surface area (Å²) in [5.74, 6) is -1.97. The van der Waals surface area contributed by atoms with E-state index in [2.05, 4.69) is 5.32 Å². The third kappa shape index (κ3) is 1.68. The summed E-state index contributed by atoms with van der Waals surface area (Å²) < 4.78 is 0. The number of rotatable bonds is 1. The number of β-amino-alcohol motifs (C(OH)–C–C–N with tert-alkyl or cyclic N) is 1. The molecule has 1 heterocycles. The number of hydrogen-bond acceptors (Lipinski definition) is 4. The second-order valence-corrected chi connectivity index (χ2v) is 2.66. The molecule has 0 saturated carbocycles. The molecule has 0 spiro atoms. The van der Waals surface area contributed by atoms with Crippen molar-refractivity contribution in [2.45, 2.75) is 12.2 Å². The Labute approximate surface area is 63.7 Å². The van der Waals surface area contributed by atoms with Crippen molar-refractivity contribution in [3.8, 4) is 0 Å². The van der Waals surface area contributed by atoms with E-state index in [0.29, 0.717) is 0 Å². The molecule has 1 aliphatic heterocycles. The van der Waals surface area contributed by atoms with Crippen molar-refractivity contribution in [2.75, 3.05) is 13.1 Å². The average molecular weight is 161 g/mol. The Morgan fingerprint density at radius 2 is 2.00 bits per heavy atom. The third-order valence-electron chi connectivity index (χ3n) is 1.84. The first-order valence-electron chi connectivity index (χ1n) is 3.42. The molecule has 0 bridgehead atoms. The number of aliphatic carboxylic acids is 1. The van der Waals surface area contributed by atoms with Crippen molar-refractivity contribution in [1.29, 1.82) is 0 Å². The number of aliphatic hydroxyl groups excluding tert-OH is 2. The summed E-state index contributed by atoms with van der Waals surface area (Å²) in [6.07, 6.45) is -2.11. The van der Waals surface area contributed by atoms with Gasteiger partial charge in [0, 0.05) is 13.1 Å². The van der Waals surface area contributed by atoms with Gasteiger partial charge in [0.2, 0.25) is 0 Å². The fourth-order valence-electron chi connectivity index (χ4n) is 1.13. The van der Waals surface area contributed by atoms with Crippen molar-refractivity contribution in [3.05, 3.63) is 0 Å². The van der Waals surface area contributed by atoms with E-state index in [1.165, 1.54) is 0 Å². The van der Waals surface area contributed by atoms with Gasteiger partial charge in [-0.25, -0.2) is 0 Å². The quantitative estimate of drug-likeness (QED) is 0.357. The van der Waals surface area contributed by atoms with Gasteiger partial charge in [-0.2, -0.15) is 0 Å². The number of carboxylic acids is 1. The monoisotopic (exact) mass is 161 g/mol. The minimum absolute atomic E-state index is 0.216. The molecule has 5 heteroatoms. The molecule has 0 aromatic heterocycles. The lowest BCUT2D eigenvalue weighted by Crippen LogP contribution is -2.52. The first-order valence-corrected chi connectivity index (χ1v) is 3.42. The van der Waals surface area contributed by atoms with E-state index in [0.717, 1.165) is 0 Å². The summed E-state index contributed by atoms with van der Waals surface area (Å²) in [6.45, 7) is 0.471. The standard InChI is InChI=1S/C6H11NO4/c8-4-2-7-1-3(5(4)9)6(10)11/h3-5,7-9H,1-2H2,(H,10,11)/t3-,4-,5-/m1/s1. The molecule has 0 aromatic rings. The van der Waals surface area contributed by atoms with Crippen molar-refractivity contribution in [3.63, 3.8) is 0 Å². The Hall–Kier alpha value is -0.650. The van der Waals surface area contributed by atoms with Gasteiger partial charge in [-0.05, 0) is 0 Å². The van der Waals surface area contributed by atoms with E-state index in [1.807, 2.05) is 0 Å². The maximum atomic E-state index is 10.4. The number of aliphatic hydroxyl groups is 2. The molecule has 0 aromatic carbocycles. The van der Waals surface area contributed by atoms with Crippen LogP contribution in [-0.4, -0.2) is 46.6 Å². The van der Waals surface area contributed by atoms with Crippen LogP contribution in [0.4, 0.5) is 0 Å². The van der Waals surface area contributed by atoms with E-state index in [9.17, 15) is 4.79 Å². The smallest absolute Gasteiger partial charge is 0.310 e. The number of hydrogen-bond donors (Lipinski definition) is 4. The molecule has 0 unspecified atom stereocenters. The molecule has 5 nitrogen and oxygen atoms in total. The summed E-state index contributed by atoms with van der Waals surface area (Å²) in [7, 11) is 0. The zero-order chi connectivity index (χ0) is 8.43. The van der Waals surface area contributed by atoms with Gasteiger partial charge in [-0.3, -0.25) is 4.79 Å². The van der Waals surface area contributed by atoms with Crippen LogP contribution in [-0.2, 0) is 4.79 Å². The van der Waals surface area contributed by atoms with Gasteiger partial charge >= 0.3 is 5.97 Å². The fraction of sp³-hybridized carbons (Fsp3) is 0.833. The predicted molar refractivity (Wildman–Crippen MR) is 36.0 cm³/mol. The summed E-state index contributed by atoms with van der Waals surface area (Å²) >= 11 is 0. The Morgan fingerprint density at radius 1 is 1.36 bits per heavy atom. The van der Waals surface area contributed by atoms with Crippen LogP contribution in [0.3, 0.4) is 0 Å². The van der Waals surface area contributed by atoms with Crippen molar-refractivity contribution in [1.82, 2.24) is 5.32 Å². The van der Waals surface area contributed by atoms with Crippen LogP contribution >= 0.6 is 0 Å². The Kier molecular flexibility index (Phi) is 2.43. The van der Waals surface area contributed by atoms with E-state index in [-0.39, 0.29) is 13.1 Å². The van der Waals surface area contributed by atoms with Gasteiger partial charge in [-0.15, -0.1) is 0 Å². The summed E-state index contributed by atoms with van der Waals surface area (Å²) in [4.78, 5) is 10.4. The van der Waals surface area contributed by atoms with Crippen molar-refractivity contribution in [2.24, 2.45) is 5.92 Å². The van der Waals surface area contributed by atoms with Crippen LogP contribution in [0.1, 0.15) is 0 Å². The topological polar surface area (TPSA) is 89.8 Å². The molecular weight excluding hydrogens is 150 g/mol. The number of carbonyl (C=O) groups is 1. The highest BCUT2D eigenvalue weighted by Crippen LogP contribution is 2.11. The normalized spacial score (nSPS) is 38.5. The molecule has 1 aliphatic rings. The van der Waals surface area contributed by atoms with E-state index >= 15 is 0 Å². The molecule has 0 radical (unpaired) electrons. The van der Waals surface area contributed by atoms with Gasteiger partial charge in [0.25, 0.3) is 0 Å². The van der Waals surface area contributed by atoms with Crippen LogP contribution in [0.5, 0.6) is 0 Å². The molecule has 0 amide bonds. The van der Waals surface area contributed by atoms with Gasteiger partial charge in [0.15, 0.2) is 0 Å². The molecule has 1 saturated heterocycles. The molecule has 64 valence electrons. The predicted octanol–water partition coefficient (Wildman–Crippen LogP) is -1.99. The minimum atomic E-state index is -1.14. The van der Waals surface area contributed by atoms with Crippen LogP contribution in [0.15, 0.2) is 0 Å². The lowest BCUT2D eigenvalue weighted by molar-refractivity contribution is -0.150. The highest BCUT2D eigenvalue weighted by molar-refractivity contribution is 5.71. The molecular formula is C6H11NO4. The molecule has 1 rings (SSSR count). The minimum Gasteiger partial charge on any atom is -0.481 e. The largest absolute Gasteiger partial charge is 0.481 e. The summed E-state index contributed by atoms with van der Waals surface area (Å²) in [5.41, 5.74) is 0. The Bertz CT molecular complexity index is 161. The van der Waals surface area contributed by atoms with Crippen molar-refractivity contribution < 1.29 is 20.1 Å². The number of nitrogens with one attached hydrogen (secondary N) is 1. The molecule has 4 N–H and O–H groups in total. The summed E-state index contributed by atoms with van der Waals surface area (Å²) in [6, 6.07) is 0. The Morgan fingerprint density at radius 3 is 2.45 bits per heavy atom. The SMILES string of the molecule is O=C(O)[C@@H]1CNC[C@@H](O)[C@@H]1O. The summed E-state index contributed by atoms with van der Waals surface area (Å²) in [5, 5.41) is 29.4. The highest BCUT2D eigenvalue weighted by atomic mass is 16.4. The first kappa shape index (κ1) is 8.45. The van der Waals surface area contributed by atoms with Gasteiger partial charge in [-0.1, -0.05) is 0 Å². The maximum absolute atomic E-state index is 10.4.